The molecular formula is C21H24N2O4. The Balaban J connectivity index is 1.66. The highest BCUT2D eigenvalue weighted by Gasteiger charge is 2.22. The number of carbonyl (C=O) groups is 2. The normalized spacial score (nSPS) is 13.6. The van der Waals surface area contributed by atoms with Crippen LogP contribution in [0.2, 0.25) is 0 Å². The van der Waals surface area contributed by atoms with E-state index in [1.807, 2.05) is 31.2 Å². The minimum absolute atomic E-state index is 0.106. The van der Waals surface area contributed by atoms with Gasteiger partial charge in [-0.25, -0.2) is 0 Å². The van der Waals surface area contributed by atoms with Crippen LogP contribution in [-0.4, -0.2) is 32.1 Å². The third kappa shape index (κ3) is 4.39. The van der Waals surface area contributed by atoms with Gasteiger partial charge in [-0.1, -0.05) is 12.1 Å². The molecule has 0 atom stereocenters. The topological polar surface area (TPSA) is 67.9 Å². The number of ether oxygens (including phenoxy) is 2. The molecule has 1 fully saturated rings. The predicted octanol–water partition coefficient (Wildman–Crippen LogP) is 3.15. The van der Waals surface area contributed by atoms with Gasteiger partial charge in [-0.3, -0.25) is 9.59 Å². The summed E-state index contributed by atoms with van der Waals surface area (Å²) in [6.45, 7) is 3.55. The van der Waals surface area contributed by atoms with Crippen LogP contribution in [0, 0.1) is 0 Å². The maximum Gasteiger partial charge on any atom is 0.251 e. The van der Waals surface area contributed by atoms with E-state index in [1.165, 1.54) is 0 Å². The third-order valence-electron chi connectivity index (χ3n) is 4.47. The second-order valence-corrected chi connectivity index (χ2v) is 6.30. The lowest BCUT2D eigenvalue weighted by molar-refractivity contribution is -0.117. The number of rotatable bonds is 7. The lowest BCUT2D eigenvalue weighted by Gasteiger charge is -2.16. The Bertz CT molecular complexity index is 835. The summed E-state index contributed by atoms with van der Waals surface area (Å²) >= 11 is 0. The first-order chi connectivity index (χ1) is 13.1. The van der Waals surface area contributed by atoms with Gasteiger partial charge in [0, 0.05) is 30.8 Å². The van der Waals surface area contributed by atoms with Crippen molar-refractivity contribution >= 4 is 17.5 Å². The van der Waals surface area contributed by atoms with Gasteiger partial charge in [0.25, 0.3) is 5.91 Å². The molecule has 2 aromatic carbocycles. The Labute approximate surface area is 159 Å². The van der Waals surface area contributed by atoms with Crippen LogP contribution >= 0.6 is 0 Å². The van der Waals surface area contributed by atoms with Crippen LogP contribution in [0.5, 0.6) is 11.5 Å². The number of hydrogen-bond acceptors (Lipinski definition) is 4. The summed E-state index contributed by atoms with van der Waals surface area (Å²) in [5.74, 6) is 1.24. The van der Waals surface area contributed by atoms with Gasteiger partial charge >= 0.3 is 0 Å². The van der Waals surface area contributed by atoms with E-state index in [1.54, 1.807) is 30.2 Å². The number of methoxy groups -OCH3 is 1. The predicted molar refractivity (Wildman–Crippen MR) is 103 cm³/mol. The van der Waals surface area contributed by atoms with Crippen molar-refractivity contribution in [1.29, 1.82) is 0 Å². The molecule has 2 amide bonds. The van der Waals surface area contributed by atoms with Gasteiger partial charge in [0.05, 0.1) is 13.7 Å². The molecule has 2 aromatic rings. The van der Waals surface area contributed by atoms with Gasteiger partial charge in [0.2, 0.25) is 5.91 Å². The number of nitrogens with zero attached hydrogens (tertiary/aromatic N) is 1. The molecule has 0 unspecified atom stereocenters. The van der Waals surface area contributed by atoms with E-state index in [2.05, 4.69) is 5.32 Å². The minimum atomic E-state index is -0.184. The van der Waals surface area contributed by atoms with Crippen molar-refractivity contribution in [2.24, 2.45) is 0 Å². The summed E-state index contributed by atoms with van der Waals surface area (Å²) in [6.07, 6.45) is 1.42. The van der Waals surface area contributed by atoms with Crippen LogP contribution in [0.4, 0.5) is 5.69 Å². The van der Waals surface area contributed by atoms with Crippen molar-refractivity contribution < 1.29 is 19.1 Å². The fraction of sp³-hybridized carbons (Fsp3) is 0.333. The molecule has 1 N–H and O–H groups in total. The maximum atomic E-state index is 12.5. The van der Waals surface area contributed by atoms with Crippen LogP contribution in [0.1, 0.15) is 35.7 Å². The van der Waals surface area contributed by atoms with Crippen LogP contribution in [0.15, 0.2) is 42.5 Å². The van der Waals surface area contributed by atoms with Gasteiger partial charge < -0.3 is 19.7 Å². The van der Waals surface area contributed by atoms with Gasteiger partial charge in [0.1, 0.15) is 0 Å². The van der Waals surface area contributed by atoms with Gasteiger partial charge in [-0.05, 0) is 49.2 Å². The Morgan fingerprint density at radius 2 is 2.04 bits per heavy atom. The van der Waals surface area contributed by atoms with Gasteiger partial charge in [-0.15, -0.1) is 0 Å². The standard InChI is InChI=1S/C21H24N2O4/c1-3-27-18-10-9-15(12-19(18)26-2)14-22-21(25)16-6-4-7-17(13-16)23-11-5-8-20(23)24/h4,6-7,9-10,12-13H,3,5,8,11,14H2,1-2H3,(H,22,25). The number of anilines is 1. The van der Waals surface area contributed by atoms with Crippen molar-refractivity contribution in [3.8, 4) is 11.5 Å². The molecule has 0 radical (unpaired) electrons. The Kier molecular flexibility index (Phi) is 5.96. The molecule has 0 aromatic heterocycles. The molecule has 0 bridgehead atoms. The Morgan fingerprint density at radius 1 is 1.19 bits per heavy atom. The number of benzene rings is 2. The summed E-state index contributed by atoms with van der Waals surface area (Å²) in [4.78, 5) is 26.2. The minimum Gasteiger partial charge on any atom is -0.493 e. The zero-order chi connectivity index (χ0) is 19.2. The summed E-state index contributed by atoms with van der Waals surface area (Å²) in [5, 5.41) is 2.91. The largest absolute Gasteiger partial charge is 0.493 e. The van der Waals surface area contributed by atoms with Crippen molar-refractivity contribution in [2.75, 3.05) is 25.2 Å². The van der Waals surface area contributed by atoms with Gasteiger partial charge in [0.15, 0.2) is 11.5 Å². The fourth-order valence-corrected chi connectivity index (χ4v) is 3.12. The van der Waals surface area contributed by atoms with Gasteiger partial charge in [-0.2, -0.15) is 0 Å². The first-order valence-corrected chi connectivity index (χ1v) is 9.10. The highest BCUT2D eigenvalue weighted by Crippen LogP contribution is 2.28. The van der Waals surface area contributed by atoms with E-state index >= 15 is 0 Å². The molecule has 27 heavy (non-hydrogen) atoms. The van der Waals surface area contributed by atoms with E-state index in [9.17, 15) is 9.59 Å². The molecule has 6 heteroatoms. The maximum absolute atomic E-state index is 12.5. The smallest absolute Gasteiger partial charge is 0.251 e. The van der Waals surface area contributed by atoms with E-state index in [0.29, 0.717) is 43.2 Å². The molecular weight excluding hydrogens is 344 g/mol. The Morgan fingerprint density at radius 3 is 2.74 bits per heavy atom. The lowest BCUT2D eigenvalue weighted by atomic mass is 10.1. The van der Waals surface area contributed by atoms with E-state index in [4.69, 9.17) is 9.47 Å². The average molecular weight is 368 g/mol. The number of amides is 2. The molecule has 1 aliphatic heterocycles. The summed E-state index contributed by atoms with van der Waals surface area (Å²) in [5.41, 5.74) is 2.22. The summed E-state index contributed by atoms with van der Waals surface area (Å²) in [7, 11) is 1.59. The van der Waals surface area contributed by atoms with Crippen molar-refractivity contribution in [3.63, 3.8) is 0 Å². The van der Waals surface area contributed by atoms with E-state index in [-0.39, 0.29) is 11.8 Å². The molecule has 1 heterocycles. The first-order valence-electron chi connectivity index (χ1n) is 9.10. The van der Waals surface area contributed by atoms with E-state index < -0.39 is 0 Å². The lowest BCUT2D eigenvalue weighted by Crippen LogP contribution is -2.25. The van der Waals surface area contributed by atoms with Crippen LogP contribution in [-0.2, 0) is 11.3 Å². The van der Waals surface area contributed by atoms with Crippen molar-refractivity contribution in [2.45, 2.75) is 26.3 Å². The molecule has 0 saturated carbocycles. The fourth-order valence-electron chi connectivity index (χ4n) is 3.12. The zero-order valence-electron chi connectivity index (χ0n) is 15.7. The molecule has 1 aliphatic rings. The highest BCUT2D eigenvalue weighted by molar-refractivity contribution is 5.99. The van der Waals surface area contributed by atoms with E-state index in [0.717, 1.165) is 17.7 Å². The Hall–Kier alpha value is -3.02. The molecule has 1 saturated heterocycles. The number of nitrogens with one attached hydrogen (secondary N) is 1. The molecule has 6 nitrogen and oxygen atoms in total. The quantitative estimate of drug-likeness (QED) is 0.815. The van der Waals surface area contributed by atoms with Crippen molar-refractivity contribution in [3.05, 3.63) is 53.6 Å². The SMILES string of the molecule is CCOc1ccc(CNC(=O)c2cccc(N3CCCC3=O)c2)cc1OC. The zero-order valence-corrected chi connectivity index (χ0v) is 15.7. The third-order valence-corrected chi connectivity index (χ3v) is 4.47. The second kappa shape index (κ2) is 8.58. The van der Waals surface area contributed by atoms with Crippen LogP contribution in [0.3, 0.4) is 0 Å². The summed E-state index contributed by atoms with van der Waals surface area (Å²) < 4.78 is 10.8. The number of hydrogen-bond donors (Lipinski definition) is 1. The van der Waals surface area contributed by atoms with Crippen LogP contribution in [0.25, 0.3) is 0 Å². The molecule has 142 valence electrons. The first kappa shape index (κ1) is 18.8. The average Bonchev–Trinajstić information content (AvgIpc) is 3.13. The molecule has 3 rings (SSSR count). The second-order valence-electron chi connectivity index (χ2n) is 6.30. The van der Waals surface area contributed by atoms with Crippen molar-refractivity contribution in [1.82, 2.24) is 5.32 Å². The highest BCUT2D eigenvalue weighted by atomic mass is 16.5. The van der Waals surface area contributed by atoms with Crippen LogP contribution < -0.4 is 19.7 Å². The number of carbonyl (C=O) groups excluding carboxylic acids is 2. The molecule has 0 spiro atoms. The summed E-state index contributed by atoms with van der Waals surface area (Å²) in [6, 6.07) is 12.8. The monoisotopic (exact) mass is 368 g/mol. The molecule has 0 aliphatic carbocycles.